The lowest BCUT2D eigenvalue weighted by Gasteiger charge is -2.14. The van der Waals surface area contributed by atoms with Crippen molar-refractivity contribution in [3.63, 3.8) is 0 Å². The summed E-state index contributed by atoms with van der Waals surface area (Å²) in [6.07, 6.45) is 5.48. The van der Waals surface area contributed by atoms with Crippen LogP contribution < -0.4 is 5.32 Å². The van der Waals surface area contributed by atoms with Crippen molar-refractivity contribution in [2.75, 3.05) is 5.32 Å². The van der Waals surface area contributed by atoms with Crippen molar-refractivity contribution in [3.8, 4) is 0 Å². The molecule has 0 aromatic carbocycles. The lowest BCUT2D eigenvalue weighted by Crippen LogP contribution is -2.22. The summed E-state index contributed by atoms with van der Waals surface area (Å²) in [5.41, 5.74) is 0. The summed E-state index contributed by atoms with van der Waals surface area (Å²) >= 11 is 0. The first-order valence-corrected chi connectivity index (χ1v) is 5.27. The number of aromatic nitrogens is 4. The van der Waals surface area contributed by atoms with Gasteiger partial charge >= 0.3 is 0 Å². The Bertz CT molecular complexity index is 437. The fraction of sp³-hybridized carbons (Fsp3) is 0.364. The lowest BCUT2D eigenvalue weighted by atomic mass is 10.3. The van der Waals surface area contributed by atoms with Crippen LogP contribution in [-0.4, -0.2) is 25.8 Å². The van der Waals surface area contributed by atoms with Crippen LogP contribution in [0.1, 0.15) is 12.7 Å². The fourth-order valence-corrected chi connectivity index (χ4v) is 1.52. The molecule has 5 heteroatoms. The van der Waals surface area contributed by atoms with Gasteiger partial charge in [-0.2, -0.15) is 5.10 Å². The maximum Gasteiger partial charge on any atom is 0.129 e. The fourth-order valence-electron chi connectivity index (χ4n) is 1.52. The molecule has 0 bridgehead atoms. The molecule has 1 unspecified atom stereocenters. The monoisotopic (exact) mass is 217 g/mol. The molecule has 0 aliphatic rings. The van der Waals surface area contributed by atoms with Crippen LogP contribution in [0.25, 0.3) is 0 Å². The smallest absolute Gasteiger partial charge is 0.129 e. The Hall–Kier alpha value is -1.91. The van der Waals surface area contributed by atoms with E-state index in [-0.39, 0.29) is 6.04 Å². The summed E-state index contributed by atoms with van der Waals surface area (Å²) < 4.78 is 1.89. The molecule has 5 nitrogen and oxygen atoms in total. The van der Waals surface area contributed by atoms with Gasteiger partial charge in [0.25, 0.3) is 0 Å². The van der Waals surface area contributed by atoms with Crippen molar-refractivity contribution in [2.24, 2.45) is 0 Å². The second kappa shape index (κ2) is 4.74. The van der Waals surface area contributed by atoms with Crippen LogP contribution in [0.2, 0.25) is 0 Å². The molecule has 0 saturated carbocycles. The zero-order valence-electron chi connectivity index (χ0n) is 9.46. The van der Waals surface area contributed by atoms with Gasteiger partial charge in [0.05, 0.1) is 6.54 Å². The largest absolute Gasteiger partial charge is 0.366 e. The summed E-state index contributed by atoms with van der Waals surface area (Å²) in [4.78, 5) is 8.34. The van der Waals surface area contributed by atoms with Crippen molar-refractivity contribution in [1.29, 1.82) is 0 Å². The van der Waals surface area contributed by atoms with Gasteiger partial charge in [-0.05, 0) is 26.0 Å². The van der Waals surface area contributed by atoms with E-state index in [0.717, 1.165) is 18.2 Å². The third kappa shape index (κ3) is 2.79. The van der Waals surface area contributed by atoms with Crippen molar-refractivity contribution >= 4 is 5.82 Å². The number of nitrogens with zero attached hydrogens (tertiary/aromatic N) is 4. The Kier molecular flexibility index (Phi) is 3.14. The highest BCUT2D eigenvalue weighted by Crippen LogP contribution is 2.04. The van der Waals surface area contributed by atoms with Crippen molar-refractivity contribution in [2.45, 2.75) is 26.4 Å². The maximum atomic E-state index is 4.29. The van der Waals surface area contributed by atoms with Crippen LogP contribution in [0.3, 0.4) is 0 Å². The van der Waals surface area contributed by atoms with Gasteiger partial charge in [-0.3, -0.25) is 4.68 Å². The van der Waals surface area contributed by atoms with Crippen LogP contribution in [-0.2, 0) is 6.54 Å². The second-order valence-corrected chi connectivity index (χ2v) is 3.76. The van der Waals surface area contributed by atoms with Crippen LogP contribution in [0.4, 0.5) is 5.82 Å². The predicted molar refractivity (Wildman–Crippen MR) is 62.1 cm³/mol. The Morgan fingerprint density at radius 2 is 2.31 bits per heavy atom. The standard InChI is InChI=1S/C11H15N5/c1-9(8-16-7-3-5-13-16)14-11-4-6-12-10(2)15-11/h3-7,9H,8H2,1-2H3,(H,12,14,15). The van der Waals surface area contributed by atoms with E-state index in [1.54, 1.807) is 12.4 Å². The molecule has 2 aromatic rings. The molecule has 0 radical (unpaired) electrons. The molecule has 0 spiro atoms. The number of hydrogen-bond acceptors (Lipinski definition) is 4. The van der Waals surface area contributed by atoms with E-state index >= 15 is 0 Å². The second-order valence-electron chi connectivity index (χ2n) is 3.76. The van der Waals surface area contributed by atoms with Gasteiger partial charge in [-0.1, -0.05) is 0 Å². The first-order valence-electron chi connectivity index (χ1n) is 5.27. The van der Waals surface area contributed by atoms with E-state index in [1.807, 2.05) is 29.9 Å². The van der Waals surface area contributed by atoms with Gasteiger partial charge in [0, 0.05) is 24.6 Å². The molecular weight excluding hydrogens is 202 g/mol. The molecule has 2 aromatic heterocycles. The van der Waals surface area contributed by atoms with Gasteiger partial charge in [0.15, 0.2) is 0 Å². The van der Waals surface area contributed by atoms with Crippen LogP contribution in [0.15, 0.2) is 30.7 Å². The van der Waals surface area contributed by atoms with Crippen molar-refractivity contribution in [1.82, 2.24) is 19.7 Å². The molecule has 1 atom stereocenters. The third-order valence-corrected chi connectivity index (χ3v) is 2.19. The van der Waals surface area contributed by atoms with Gasteiger partial charge in [-0.25, -0.2) is 9.97 Å². The lowest BCUT2D eigenvalue weighted by molar-refractivity contribution is 0.559. The highest BCUT2D eigenvalue weighted by atomic mass is 15.3. The summed E-state index contributed by atoms with van der Waals surface area (Å²) in [6.45, 7) is 4.79. The first kappa shape index (κ1) is 10.6. The zero-order chi connectivity index (χ0) is 11.4. The number of hydrogen-bond donors (Lipinski definition) is 1. The van der Waals surface area contributed by atoms with Crippen LogP contribution in [0, 0.1) is 6.92 Å². The molecule has 0 aliphatic heterocycles. The number of rotatable bonds is 4. The Morgan fingerprint density at radius 3 is 3.00 bits per heavy atom. The van der Waals surface area contributed by atoms with E-state index in [2.05, 4.69) is 27.3 Å². The maximum absolute atomic E-state index is 4.29. The average Bonchev–Trinajstić information content (AvgIpc) is 2.70. The molecule has 2 rings (SSSR count). The van der Waals surface area contributed by atoms with E-state index in [4.69, 9.17) is 0 Å². The minimum atomic E-state index is 0.272. The van der Waals surface area contributed by atoms with E-state index in [1.165, 1.54) is 0 Å². The summed E-state index contributed by atoms with van der Waals surface area (Å²) in [5.74, 6) is 1.63. The molecule has 0 amide bonds. The minimum Gasteiger partial charge on any atom is -0.366 e. The molecule has 0 aliphatic carbocycles. The molecule has 16 heavy (non-hydrogen) atoms. The Morgan fingerprint density at radius 1 is 1.44 bits per heavy atom. The van der Waals surface area contributed by atoms with Gasteiger partial charge in [0.1, 0.15) is 11.6 Å². The first-order chi connectivity index (χ1) is 7.74. The van der Waals surface area contributed by atoms with E-state index < -0.39 is 0 Å². The van der Waals surface area contributed by atoms with Gasteiger partial charge in [-0.15, -0.1) is 0 Å². The number of anilines is 1. The highest BCUT2D eigenvalue weighted by Gasteiger charge is 2.04. The summed E-state index contributed by atoms with van der Waals surface area (Å²) in [6, 6.07) is 4.06. The molecular formula is C11H15N5. The Labute approximate surface area is 94.5 Å². The number of nitrogens with one attached hydrogen (secondary N) is 1. The molecule has 0 fully saturated rings. The van der Waals surface area contributed by atoms with Gasteiger partial charge < -0.3 is 5.32 Å². The Balaban J connectivity index is 1.94. The molecule has 2 heterocycles. The quantitative estimate of drug-likeness (QED) is 0.842. The topological polar surface area (TPSA) is 55.6 Å². The summed E-state index contributed by atoms with van der Waals surface area (Å²) in [5, 5.41) is 7.47. The zero-order valence-corrected chi connectivity index (χ0v) is 9.46. The SMILES string of the molecule is Cc1nccc(NC(C)Cn2cccn2)n1. The molecule has 0 saturated heterocycles. The van der Waals surface area contributed by atoms with E-state index in [0.29, 0.717) is 0 Å². The van der Waals surface area contributed by atoms with Gasteiger partial charge in [0.2, 0.25) is 0 Å². The number of aryl methyl sites for hydroxylation is 1. The van der Waals surface area contributed by atoms with Crippen LogP contribution in [0.5, 0.6) is 0 Å². The third-order valence-electron chi connectivity index (χ3n) is 2.19. The predicted octanol–water partition coefficient (Wildman–Crippen LogP) is 1.48. The molecule has 1 N–H and O–H groups in total. The average molecular weight is 217 g/mol. The van der Waals surface area contributed by atoms with E-state index in [9.17, 15) is 0 Å². The molecule has 84 valence electrons. The van der Waals surface area contributed by atoms with Crippen molar-refractivity contribution < 1.29 is 0 Å². The van der Waals surface area contributed by atoms with Crippen LogP contribution >= 0.6 is 0 Å². The summed E-state index contributed by atoms with van der Waals surface area (Å²) in [7, 11) is 0. The van der Waals surface area contributed by atoms with Crippen molar-refractivity contribution in [3.05, 3.63) is 36.5 Å². The minimum absolute atomic E-state index is 0.272. The highest BCUT2D eigenvalue weighted by molar-refractivity contribution is 5.33. The normalized spacial score (nSPS) is 12.4.